The smallest absolute Gasteiger partial charge is 0.186 e. The highest BCUT2D eigenvalue weighted by atomic mass is 35.5. The molecule has 5 rings (SSSR count). The third kappa shape index (κ3) is 3.21. The van der Waals surface area contributed by atoms with Crippen LogP contribution in [0.3, 0.4) is 0 Å². The molecule has 3 atom stereocenters. The van der Waals surface area contributed by atoms with Crippen molar-refractivity contribution in [3.05, 3.63) is 105 Å². The third-order valence-electron chi connectivity index (χ3n) is 6.62. The summed E-state index contributed by atoms with van der Waals surface area (Å²) in [5.41, 5.74) is 0.855. The third-order valence-corrected chi connectivity index (χ3v) is 7.36. The van der Waals surface area contributed by atoms with Gasteiger partial charge >= 0.3 is 0 Å². The zero-order chi connectivity index (χ0) is 24.0. The molecule has 0 N–H and O–H groups in total. The van der Waals surface area contributed by atoms with Crippen molar-refractivity contribution in [2.24, 2.45) is 5.41 Å². The molecule has 0 spiro atoms. The van der Waals surface area contributed by atoms with E-state index in [1.807, 2.05) is 35.2 Å². The van der Waals surface area contributed by atoms with Crippen molar-refractivity contribution in [1.29, 1.82) is 10.5 Å². The number of halogens is 3. The lowest BCUT2D eigenvalue weighted by Crippen LogP contribution is -2.44. The Morgan fingerprint density at radius 2 is 1.68 bits per heavy atom. The van der Waals surface area contributed by atoms with E-state index in [2.05, 4.69) is 12.1 Å². The van der Waals surface area contributed by atoms with Crippen LogP contribution in [0.5, 0.6) is 0 Å². The molecule has 7 heteroatoms. The molecular weight excluding hydrogens is 472 g/mol. The zero-order valence-corrected chi connectivity index (χ0v) is 19.1. The Bertz CT molecular complexity index is 1410. The standard InChI is InChI=1S/C27H16Cl2FN3O/c28-20-11-7-18(13-21(20)29)26(34)25-24(17-5-9-19(30)10-6-17)27(14-31,15-32)23-12-8-16-3-1-2-4-22(16)33(23)25/h1-13,23-25H/t23-,24-,25-/m1/s1. The Hall–Kier alpha value is -3.64. The van der Waals surface area contributed by atoms with Crippen molar-refractivity contribution in [2.75, 3.05) is 4.90 Å². The Morgan fingerprint density at radius 1 is 0.971 bits per heavy atom. The van der Waals surface area contributed by atoms with Gasteiger partial charge in [-0.1, -0.05) is 65.7 Å². The molecule has 0 aliphatic carbocycles. The summed E-state index contributed by atoms with van der Waals surface area (Å²) < 4.78 is 13.8. The largest absolute Gasteiger partial charge is 0.351 e. The lowest BCUT2D eigenvalue weighted by molar-refractivity contribution is 0.0951. The van der Waals surface area contributed by atoms with Crippen LogP contribution in [0, 0.1) is 33.9 Å². The van der Waals surface area contributed by atoms with E-state index < -0.39 is 29.2 Å². The van der Waals surface area contributed by atoms with Crippen molar-refractivity contribution < 1.29 is 9.18 Å². The SMILES string of the molecule is N#CC1(C#N)[C@H](c2ccc(F)cc2)[C@H](C(=O)c2ccc(Cl)c(Cl)c2)N2c3ccccc3C=C[C@@H]21. The van der Waals surface area contributed by atoms with Crippen LogP contribution >= 0.6 is 23.2 Å². The second kappa shape index (κ2) is 8.29. The number of Topliss-reactive ketones (excluding diaryl/α,β-unsaturated/α-hetero) is 1. The molecule has 0 bridgehead atoms. The molecule has 0 saturated carbocycles. The molecule has 3 aromatic carbocycles. The van der Waals surface area contributed by atoms with Crippen molar-refractivity contribution in [1.82, 2.24) is 0 Å². The van der Waals surface area contributed by atoms with E-state index in [0.717, 1.165) is 11.3 Å². The van der Waals surface area contributed by atoms with E-state index in [-0.39, 0.29) is 10.8 Å². The number of benzene rings is 3. The number of hydrogen-bond acceptors (Lipinski definition) is 4. The van der Waals surface area contributed by atoms with Crippen LogP contribution in [-0.4, -0.2) is 17.9 Å². The van der Waals surface area contributed by atoms with E-state index in [1.54, 1.807) is 18.2 Å². The molecule has 0 radical (unpaired) electrons. The fourth-order valence-corrected chi connectivity index (χ4v) is 5.40. The van der Waals surface area contributed by atoms with Crippen molar-refractivity contribution in [2.45, 2.75) is 18.0 Å². The fraction of sp³-hybridized carbons (Fsp3) is 0.148. The highest BCUT2D eigenvalue weighted by molar-refractivity contribution is 6.42. The molecule has 2 aliphatic rings. The summed E-state index contributed by atoms with van der Waals surface area (Å²) in [7, 11) is 0. The number of ketones is 1. The average molecular weight is 488 g/mol. The van der Waals surface area contributed by atoms with Crippen LogP contribution in [0.1, 0.15) is 27.4 Å². The Kier molecular flexibility index (Phi) is 5.41. The summed E-state index contributed by atoms with van der Waals surface area (Å²) in [5.74, 6) is -1.61. The number of fused-ring (bicyclic) bond motifs is 3. The zero-order valence-electron chi connectivity index (χ0n) is 17.6. The molecule has 166 valence electrons. The number of rotatable bonds is 3. The van der Waals surface area contributed by atoms with Gasteiger partial charge < -0.3 is 4.90 Å². The summed E-state index contributed by atoms with van der Waals surface area (Å²) in [6.07, 6.45) is 3.67. The summed E-state index contributed by atoms with van der Waals surface area (Å²) in [5, 5.41) is 21.3. The Balaban J connectivity index is 1.78. The predicted molar refractivity (Wildman–Crippen MR) is 129 cm³/mol. The molecule has 34 heavy (non-hydrogen) atoms. The Labute approximate surface area is 206 Å². The van der Waals surface area contributed by atoms with Crippen LogP contribution < -0.4 is 4.90 Å². The van der Waals surface area contributed by atoms with Gasteiger partial charge in [0.1, 0.15) is 11.9 Å². The predicted octanol–water partition coefficient (Wildman–Crippen LogP) is 6.42. The van der Waals surface area contributed by atoms with Gasteiger partial charge in [0.05, 0.1) is 28.2 Å². The molecule has 3 aromatic rings. The monoisotopic (exact) mass is 487 g/mol. The van der Waals surface area contributed by atoms with Crippen LogP contribution in [0.25, 0.3) is 6.08 Å². The van der Waals surface area contributed by atoms with Crippen LogP contribution in [0.15, 0.2) is 72.8 Å². The van der Waals surface area contributed by atoms with Gasteiger partial charge in [0.15, 0.2) is 11.2 Å². The topological polar surface area (TPSA) is 67.9 Å². The van der Waals surface area contributed by atoms with E-state index in [9.17, 15) is 19.7 Å². The van der Waals surface area contributed by atoms with Gasteiger partial charge in [0.2, 0.25) is 0 Å². The van der Waals surface area contributed by atoms with E-state index in [4.69, 9.17) is 23.2 Å². The van der Waals surface area contributed by atoms with Gasteiger partial charge in [-0.3, -0.25) is 4.79 Å². The molecule has 0 unspecified atom stereocenters. The Morgan fingerprint density at radius 3 is 2.35 bits per heavy atom. The highest BCUT2D eigenvalue weighted by Gasteiger charge is 2.63. The average Bonchev–Trinajstić information content (AvgIpc) is 3.16. The molecule has 2 heterocycles. The second-order valence-electron chi connectivity index (χ2n) is 8.33. The van der Waals surface area contributed by atoms with Crippen LogP contribution in [0.4, 0.5) is 10.1 Å². The number of carbonyl (C=O) groups excluding carboxylic acids is 1. The number of nitriles is 2. The first kappa shape index (κ1) is 22.2. The minimum Gasteiger partial charge on any atom is -0.351 e. The molecule has 2 aliphatic heterocycles. The summed E-state index contributed by atoms with van der Waals surface area (Å²) in [6, 6.07) is 20.6. The molecule has 0 amide bonds. The van der Waals surface area contributed by atoms with Gasteiger partial charge in [-0.25, -0.2) is 4.39 Å². The van der Waals surface area contributed by atoms with Gasteiger partial charge in [0, 0.05) is 17.2 Å². The van der Waals surface area contributed by atoms with Crippen molar-refractivity contribution in [3.8, 4) is 12.1 Å². The number of nitrogens with zero attached hydrogens (tertiary/aromatic N) is 3. The number of para-hydroxylation sites is 1. The minimum atomic E-state index is -1.60. The lowest BCUT2D eigenvalue weighted by atomic mass is 9.69. The van der Waals surface area contributed by atoms with Crippen molar-refractivity contribution in [3.63, 3.8) is 0 Å². The van der Waals surface area contributed by atoms with Gasteiger partial charge in [-0.05, 0) is 47.5 Å². The summed E-state index contributed by atoms with van der Waals surface area (Å²) >= 11 is 12.3. The molecule has 4 nitrogen and oxygen atoms in total. The summed E-state index contributed by atoms with van der Waals surface area (Å²) in [6.45, 7) is 0. The van der Waals surface area contributed by atoms with Gasteiger partial charge in [0.25, 0.3) is 0 Å². The molecule has 1 saturated heterocycles. The van der Waals surface area contributed by atoms with Gasteiger partial charge in [-0.15, -0.1) is 0 Å². The normalized spacial score (nSPS) is 21.8. The first-order valence-electron chi connectivity index (χ1n) is 10.5. The van der Waals surface area contributed by atoms with Crippen LogP contribution in [-0.2, 0) is 0 Å². The highest BCUT2D eigenvalue weighted by Crippen LogP contribution is 2.55. The van der Waals surface area contributed by atoms with Crippen LogP contribution in [0.2, 0.25) is 10.0 Å². The first-order chi connectivity index (χ1) is 16.4. The minimum absolute atomic E-state index is 0.228. The maximum absolute atomic E-state index is 14.1. The molecular formula is C27H16Cl2FN3O. The quantitative estimate of drug-likeness (QED) is 0.399. The number of anilines is 1. The van der Waals surface area contributed by atoms with E-state index in [0.29, 0.717) is 16.1 Å². The fourth-order valence-electron chi connectivity index (χ4n) is 5.10. The lowest BCUT2D eigenvalue weighted by Gasteiger charge is -2.35. The van der Waals surface area contributed by atoms with Gasteiger partial charge in [-0.2, -0.15) is 10.5 Å². The molecule has 1 fully saturated rings. The summed E-state index contributed by atoms with van der Waals surface area (Å²) in [4.78, 5) is 15.9. The molecule has 0 aromatic heterocycles. The second-order valence-corrected chi connectivity index (χ2v) is 9.14. The van der Waals surface area contributed by atoms with Crippen molar-refractivity contribution >= 4 is 40.7 Å². The van der Waals surface area contributed by atoms with E-state index >= 15 is 0 Å². The number of carbonyl (C=O) groups is 1. The van der Waals surface area contributed by atoms with E-state index in [1.165, 1.54) is 30.3 Å². The maximum atomic E-state index is 14.1. The first-order valence-corrected chi connectivity index (χ1v) is 11.3. The maximum Gasteiger partial charge on any atom is 0.186 e. The number of hydrogen-bond donors (Lipinski definition) is 0.